The summed E-state index contributed by atoms with van der Waals surface area (Å²) in [5, 5.41) is 13.6. The molecule has 1 amide bonds. The maximum absolute atomic E-state index is 12.7. The number of nitrogens with zero attached hydrogens (tertiary/aromatic N) is 1. The van der Waals surface area contributed by atoms with Gasteiger partial charge in [0.2, 0.25) is 5.91 Å². The molecule has 8 nitrogen and oxygen atoms in total. The zero-order valence-electron chi connectivity index (χ0n) is 42.5. The van der Waals surface area contributed by atoms with Crippen LogP contribution in [0, 0.1) is 0 Å². The van der Waals surface area contributed by atoms with E-state index in [-0.39, 0.29) is 19.1 Å². The van der Waals surface area contributed by atoms with Gasteiger partial charge in [-0.1, -0.05) is 229 Å². The van der Waals surface area contributed by atoms with Crippen molar-refractivity contribution in [3.63, 3.8) is 0 Å². The number of carbonyl (C=O) groups excluding carboxylic acids is 1. The summed E-state index contributed by atoms with van der Waals surface area (Å²) >= 11 is 0. The number of aliphatic hydroxyl groups is 1. The van der Waals surface area contributed by atoms with Gasteiger partial charge in [-0.2, -0.15) is 0 Å². The molecule has 0 aromatic rings. The molecule has 3 atom stereocenters. The van der Waals surface area contributed by atoms with Crippen LogP contribution in [0.4, 0.5) is 0 Å². The van der Waals surface area contributed by atoms with Gasteiger partial charge < -0.3 is 28.8 Å². The van der Waals surface area contributed by atoms with E-state index >= 15 is 0 Å². The molecule has 2 N–H and O–H groups in total. The van der Waals surface area contributed by atoms with Crippen LogP contribution in [0.2, 0.25) is 0 Å². The second kappa shape index (κ2) is 46.3. The normalized spacial score (nSPS) is 14.5. The third-order valence-corrected chi connectivity index (χ3v) is 12.7. The fraction of sp³-hybridized carbons (Fsp3) is 0.800. The Morgan fingerprint density at radius 3 is 1.36 bits per heavy atom. The zero-order valence-corrected chi connectivity index (χ0v) is 43.4. The summed E-state index contributed by atoms with van der Waals surface area (Å²) in [5.74, 6) is -0.175. The Bertz CT molecular complexity index is 1230. The van der Waals surface area contributed by atoms with E-state index in [1.807, 2.05) is 21.1 Å². The molecule has 0 aliphatic carbocycles. The smallest absolute Gasteiger partial charge is 0.268 e. The largest absolute Gasteiger partial charge is 0.756 e. The molecule has 0 heterocycles. The van der Waals surface area contributed by atoms with Gasteiger partial charge in [0.15, 0.2) is 0 Å². The van der Waals surface area contributed by atoms with Crippen molar-refractivity contribution in [3.05, 3.63) is 60.8 Å². The summed E-state index contributed by atoms with van der Waals surface area (Å²) in [6.07, 6.45) is 62.3. The summed E-state index contributed by atoms with van der Waals surface area (Å²) in [4.78, 5) is 25.0. The molecule has 374 valence electrons. The number of amides is 1. The van der Waals surface area contributed by atoms with Crippen LogP contribution in [0.15, 0.2) is 60.8 Å². The molecule has 9 heteroatoms. The number of quaternary nitrogens is 1. The number of allylic oxidation sites excluding steroid dienone is 10. The molecular weight excluding hydrogens is 816 g/mol. The van der Waals surface area contributed by atoms with Crippen LogP contribution in [-0.4, -0.2) is 68.5 Å². The number of likely N-dealkylation sites (N-methyl/N-ethyl adjacent to an activating group) is 1. The molecule has 0 aromatic carbocycles. The lowest BCUT2D eigenvalue weighted by atomic mass is 10.0. The van der Waals surface area contributed by atoms with Gasteiger partial charge in [0.25, 0.3) is 7.82 Å². The van der Waals surface area contributed by atoms with Crippen molar-refractivity contribution in [2.45, 2.75) is 244 Å². The van der Waals surface area contributed by atoms with Crippen molar-refractivity contribution < 1.29 is 32.9 Å². The van der Waals surface area contributed by atoms with Crippen molar-refractivity contribution in [2.24, 2.45) is 0 Å². The van der Waals surface area contributed by atoms with Crippen LogP contribution < -0.4 is 10.2 Å². The second-order valence-corrected chi connectivity index (χ2v) is 20.6. The summed E-state index contributed by atoms with van der Waals surface area (Å²) < 4.78 is 23.0. The predicted octanol–water partition coefficient (Wildman–Crippen LogP) is 15.1. The molecule has 0 bridgehead atoms. The first-order valence-corrected chi connectivity index (χ1v) is 28.1. The average Bonchev–Trinajstić information content (AvgIpc) is 3.25. The van der Waals surface area contributed by atoms with E-state index in [4.69, 9.17) is 9.05 Å². The van der Waals surface area contributed by atoms with E-state index in [0.29, 0.717) is 23.9 Å². The van der Waals surface area contributed by atoms with Crippen molar-refractivity contribution >= 4 is 13.7 Å². The average molecular weight is 919 g/mol. The van der Waals surface area contributed by atoms with E-state index in [1.165, 1.54) is 135 Å². The van der Waals surface area contributed by atoms with Crippen LogP contribution >= 0.6 is 7.82 Å². The SMILES string of the molecule is CC/C=C\C/C=C\C/C=C\C/C=C\C/C=C\CCCCCCCCCCCCCCCCCCCCCCCCCC(=O)NC(COP(=O)([O-])OCC[N+](C)(C)C)C(O)CCCCC. The van der Waals surface area contributed by atoms with E-state index in [0.717, 1.165) is 70.6 Å². The third-order valence-electron chi connectivity index (χ3n) is 11.8. The van der Waals surface area contributed by atoms with Gasteiger partial charge >= 0.3 is 0 Å². The topological polar surface area (TPSA) is 108 Å². The number of hydrogen-bond acceptors (Lipinski definition) is 6. The number of hydrogen-bond donors (Lipinski definition) is 2. The van der Waals surface area contributed by atoms with E-state index < -0.39 is 20.0 Å². The highest BCUT2D eigenvalue weighted by molar-refractivity contribution is 7.45. The number of phosphoric acid groups is 1. The molecule has 0 aliphatic rings. The second-order valence-electron chi connectivity index (χ2n) is 19.2. The minimum absolute atomic E-state index is 0.0109. The molecule has 0 rings (SSSR count). The zero-order chi connectivity index (χ0) is 47.1. The Labute approximate surface area is 396 Å². The molecule has 0 aliphatic heterocycles. The monoisotopic (exact) mass is 919 g/mol. The minimum Gasteiger partial charge on any atom is -0.756 e. The summed E-state index contributed by atoms with van der Waals surface area (Å²) in [6.45, 7) is 4.44. The Balaban J connectivity index is 3.63. The van der Waals surface area contributed by atoms with E-state index in [1.54, 1.807) is 0 Å². The lowest BCUT2D eigenvalue weighted by Gasteiger charge is -2.30. The van der Waals surface area contributed by atoms with Gasteiger partial charge in [-0.3, -0.25) is 9.36 Å². The van der Waals surface area contributed by atoms with Gasteiger partial charge in [0.05, 0.1) is 39.9 Å². The van der Waals surface area contributed by atoms with Crippen LogP contribution in [0.3, 0.4) is 0 Å². The summed E-state index contributed by atoms with van der Waals surface area (Å²) in [6, 6.07) is -0.795. The maximum Gasteiger partial charge on any atom is 0.268 e. The number of nitrogens with one attached hydrogen (secondary N) is 1. The third kappa shape index (κ3) is 48.1. The fourth-order valence-corrected chi connectivity index (χ4v) is 8.32. The molecule has 0 aromatic heterocycles. The summed E-state index contributed by atoms with van der Waals surface area (Å²) in [5.41, 5.74) is 0. The van der Waals surface area contributed by atoms with Crippen molar-refractivity contribution in [2.75, 3.05) is 40.9 Å². The standard InChI is InChI=1S/C55H103N2O6P/c1-6-8-10-11-12-13-14-15-16-17-18-19-20-21-22-23-24-25-26-27-28-29-30-31-32-33-34-35-36-37-38-39-40-41-42-43-44-45-47-49-55(59)56-53(54(58)48-46-9-7-2)52-63-64(60,61)62-51-50-57(3,4)5/h8,10,12-13,15-16,18-19,21-22,53-54,58H,6-7,9,11,14,17,20,23-52H2,1-5H3,(H-,56,59,60,61)/b10-8-,13-12-,16-15-,19-18-,22-21-. The van der Waals surface area contributed by atoms with Gasteiger partial charge in [-0.05, 0) is 57.8 Å². The number of carbonyl (C=O) groups is 1. The van der Waals surface area contributed by atoms with E-state index in [9.17, 15) is 19.4 Å². The maximum atomic E-state index is 12.7. The molecule has 3 unspecified atom stereocenters. The Morgan fingerprint density at radius 1 is 0.562 bits per heavy atom. The number of unbranched alkanes of at least 4 members (excludes halogenated alkanes) is 25. The fourth-order valence-electron chi connectivity index (χ4n) is 7.60. The van der Waals surface area contributed by atoms with Gasteiger partial charge in [0.1, 0.15) is 13.2 Å². The first kappa shape index (κ1) is 62.2. The highest BCUT2D eigenvalue weighted by atomic mass is 31.2. The molecule has 0 fully saturated rings. The number of phosphoric ester groups is 1. The van der Waals surface area contributed by atoms with Gasteiger partial charge in [0, 0.05) is 6.42 Å². The number of rotatable bonds is 48. The lowest BCUT2D eigenvalue weighted by Crippen LogP contribution is -2.46. The first-order chi connectivity index (χ1) is 31.0. The molecular formula is C55H103N2O6P. The molecule has 0 saturated heterocycles. The molecule has 0 radical (unpaired) electrons. The number of aliphatic hydroxyl groups excluding tert-OH is 1. The first-order valence-electron chi connectivity index (χ1n) is 26.6. The highest BCUT2D eigenvalue weighted by Crippen LogP contribution is 2.38. The van der Waals surface area contributed by atoms with E-state index in [2.05, 4.69) is 79.9 Å². The minimum atomic E-state index is -4.54. The van der Waals surface area contributed by atoms with Gasteiger partial charge in [-0.25, -0.2) is 0 Å². The van der Waals surface area contributed by atoms with Crippen LogP contribution in [-0.2, 0) is 18.4 Å². The molecule has 0 saturated carbocycles. The van der Waals surface area contributed by atoms with Crippen LogP contribution in [0.5, 0.6) is 0 Å². The van der Waals surface area contributed by atoms with Crippen molar-refractivity contribution in [1.29, 1.82) is 0 Å². The van der Waals surface area contributed by atoms with Crippen LogP contribution in [0.1, 0.15) is 232 Å². The Hall–Kier alpha value is -1.80. The molecule has 64 heavy (non-hydrogen) atoms. The summed E-state index contributed by atoms with van der Waals surface area (Å²) in [7, 11) is 1.30. The molecule has 0 spiro atoms. The van der Waals surface area contributed by atoms with Crippen LogP contribution in [0.25, 0.3) is 0 Å². The Morgan fingerprint density at radius 2 is 0.953 bits per heavy atom. The van der Waals surface area contributed by atoms with Crippen molar-refractivity contribution in [3.8, 4) is 0 Å². The highest BCUT2D eigenvalue weighted by Gasteiger charge is 2.24. The lowest BCUT2D eigenvalue weighted by molar-refractivity contribution is -0.870. The van der Waals surface area contributed by atoms with Crippen molar-refractivity contribution in [1.82, 2.24) is 5.32 Å². The quantitative estimate of drug-likeness (QED) is 0.0272. The predicted molar refractivity (Wildman–Crippen MR) is 274 cm³/mol. The Kier molecular flexibility index (Phi) is 45.0. The van der Waals surface area contributed by atoms with Gasteiger partial charge in [-0.15, -0.1) is 0 Å².